The van der Waals surface area contributed by atoms with Crippen molar-refractivity contribution in [2.75, 3.05) is 13.1 Å². The van der Waals surface area contributed by atoms with E-state index >= 15 is 0 Å². The maximum Gasteiger partial charge on any atom is 0.316 e. The first kappa shape index (κ1) is 17.2. The van der Waals surface area contributed by atoms with Crippen molar-refractivity contribution < 1.29 is 9.53 Å². The minimum atomic E-state index is 0.0153. The predicted molar refractivity (Wildman–Crippen MR) is 92.8 cm³/mol. The van der Waals surface area contributed by atoms with Gasteiger partial charge in [-0.1, -0.05) is 26.2 Å². The minimum Gasteiger partial charge on any atom is -0.458 e. The largest absolute Gasteiger partial charge is 0.458 e. The van der Waals surface area contributed by atoms with Crippen molar-refractivity contribution in [3.05, 3.63) is 18.0 Å². The quantitative estimate of drug-likeness (QED) is 0.830. The Morgan fingerprint density at radius 1 is 1.17 bits per heavy atom. The molecule has 0 spiro atoms. The fourth-order valence-electron chi connectivity index (χ4n) is 3.76. The maximum absolute atomic E-state index is 12.6. The van der Waals surface area contributed by atoms with Gasteiger partial charge in [-0.15, -0.1) is 0 Å². The van der Waals surface area contributed by atoms with Crippen LogP contribution in [0.4, 0.5) is 0 Å². The second-order valence-electron chi connectivity index (χ2n) is 7.16. The van der Waals surface area contributed by atoms with Crippen molar-refractivity contribution in [1.82, 2.24) is 14.9 Å². The maximum atomic E-state index is 12.6. The number of aromatic nitrogens is 2. The van der Waals surface area contributed by atoms with Crippen LogP contribution in [0, 0.1) is 5.92 Å². The number of nitrogens with zero attached hydrogens (tertiary/aromatic N) is 3. The molecular formula is C19H29N3O2. The molecule has 1 aromatic rings. The average Bonchev–Trinajstić information content (AvgIpc) is 2.63. The van der Waals surface area contributed by atoms with E-state index in [-0.39, 0.29) is 6.10 Å². The van der Waals surface area contributed by atoms with Crippen LogP contribution in [0.25, 0.3) is 0 Å². The van der Waals surface area contributed by atoms with Crippen molar-refractivity contribution in [3.8, 4) is 6.01 Å². The van der Waals surface area contributed by atoms with E-state index < -0.39 is 0 Å². The van der Waals surface area contributed by atoms with Crippen molar-refractivity contribution in [1.29, 1.82) is 0 Å². The Bertz CT molecular complexity index is 526. The molecule has 0 radical (unpaired) electrons. The van der Waals surface area contributed by atoms with Gasteiger partial charge in [0.05, 0.1) is 6.54 Å². The number of piperidine rings is 1. The summed E-state index contributed by atoms with van der Waals surface area (Å²) >= 11 is 0. The van der Waals surface area contributed by atoms with E-state index in [2.05, 4.69) is 16.9 Å². The summed E-state index contributed by atoms with van der Waals surface area (Å²) in [6, 6.07) is 0.429. The number of aryl methyl sites for hydroxylation is 1. The highest BCUT2D eigenvalue weighted by atomic mass is 16.5. The summed E-state index contributed by atoms with van der Waals surface area (Å²) in [4.78, 5) is 23.1. The molecule has 1 saturated heterocycles. The number of amides is 1. The molecule has 1 saturated carbocycles. The lowest BCUT2D eigenvalue weighted by molar-refractivity contribution is -0.135. The Kier molecular flexibility index (Phi) is 6.05. The third kappa shape index (κ3) is 4.68. The molecule has 0 bridgehead atoms. The van der Waals surface area contributed by atoms with Crippen LogP contribution >= 0.6 is 0 Å². The first-order valence-electron chi connectivity index (χ1n) is 9.50. The molecule has 1 aliphatic heterocycles. The second kappa shape index (κ2) is 8.45. The Hall–Kier alpha value is -1.65. The lowest BCUT2D eigenvalue weighted by atomic mass is 9.86. The third-order valence-corrected chi connectivity index (χ3v) is 5.28. The molecule has 2 aliphatic rings. The topological polar surface area (TPSA) is 55.3 Å². The Morgan fingerprint density at radius 2 is 1.92 bits per heavy atom. The molecule has 2 heterocycles. The van der Waals surface area contributed by atoms with Crippen LogP contribution in [-0.2, 0) is 11.2 Å². The van der Waals surface area contributed by atoms with Gasteiger partial charge in [0.15, 0.2) is 0 Å². The molecule has 1 unspecified atom stereocenters. The van der Waals surface area contributed by atoms with Crippen LogP contribution in [0.3, 0.4) is 0 Å². The summed E-state index contributed by atoms with van der Waals surface area (Å²) in [5.41, 5.74) is 1.11. The van der Waals surface area contributed by atoms with Crippen molar-refractivity contribution in [2.45, 2.75) is 70.8 Å². The fourth-order valence-corrected chi connectivity index (χ4v) is 3.76. The van der Waals surface area contributed by atoms with Gasteiger partial charge >= 0.3 is 6.01 Å². The van der Waals surface area contributed by atoms with Gasteiger partial charge in [0.1, 0.15) is 6.10 Å². The van der Waals surface area contributed by atoms with E-state index in [0.29, 0.717) is 30.8 Å². The van der Waals surface area contributed by atoms with Crippen LogP contribution in [0.15, 0.2) is 12.4 Å². The van der Waals surface area contributed by atoms with Crippen LogP contribution in [-0.4, -0.2) is 40.0 Å². The van der Waals surface area contributed by atoms with Crippen LogP contribution < -0.4 is 4.74 Å². The summed E-state index contributed by atoms with van der Waals surface area (Å²) in [5.74, 6) is 0.898. The van der Waals surface area contributed by atoms with Gasteiger partial charge in [0.2, 0.25) is 5.91 Å². The number of ether oxygens (including phenoxy) is 1. The van der Waals surface area contributed by atoms with Crippen molar-refractivity contribution in [3.63, 3.8) is 0 Å². The van der Waals surface area contributed by atoms with Crippen molar-refractivity contribution >= 4 is 5.91 Å². The summed E-state index contributed by atoms with van der Waals surface area (Å²) in [5, 5.41) is 0. The molecule has 3 rings (SSSR count). The first-order valence-corrected chi connectivity index (χ1v) is 9.50. The number of hydrogen-bond acceptors (Lipinski definition) is 4. The van der Waals surface area contributed by atoms with Crippen LogP contribution in [0.5, 0.6) is 6.01 Å². The van der Waals surface area contributed by atoms with E-state index in [1.54, 1.807) is 0 Å². The van der Waals surface area contributed by atoms with E-state index in [0.717, 1.165) is 31.4 Å². The van der Waals surface area contributed by atoms with E-state index in [1.807, 2.05) is 17.3 Å². The van der Waals surface area contributed by atoms with Crippen molar-refractivity contribution in [2.24, 2.45) is 5.92 Å². The molecule has 1 amide bonds. The van der Waals surface area contributed by atoms with Gasteiger partial charge in [-0.3, -0.25) is 4.79 Å². The number of carbonyl (C=O) groups excluding carboxylic acids is 1. The second-order valence-corrected chi connectivity index (χ2v) is 7.16. The average molecular weight is 331 g/mol. The zero-order valence-corrected chi connectivity index (χ0v) is 14.7. The molecule has 1 aliphatic carbocycles. The van der Waals surface area contributed by atoms with Gasteiger partial charge < -0.3 is 9.64 Å². The van der Waals surface area contributed by atoms with Gasteiger partial charge in [-0.05, 0) is 43.6 Å². The molecule has 1 aromatic heterocycles. The van der Waals surface area contributed by atoms with Crippen LogP contribution in [0.1, 0.15) is 63.9 Å². The standard InChI is InChI=1S/C19H29N3O2/c1-2-15-12-20-19(21-13-15)24-17-9-6-10-22(14-17)18(23)11-16-7-4-3-5-8-16/h12-13,16-17H,2-11,14H2,1H3. The Labute approximate surface area is 144 Å². The normalized spacial score (nSPS) is 22.4. The molecule has 2 fully saturated rings. The van der Waals surface area contributed by atoms with E-state index in [4.69, 9.17) is 4.74 Å². The molecule has 24 heavy (non-hydrogen) atoms. The zero-order valence-electron chi connectivity index (χ0n) is 14.7. The lowest BCUT2D eigenvalue weighted by Gasteiger charge is -2.33. The highest BCUT2D eigenvalue weighted by Gasteiger charge is 2.27. The zero-order chi connectivity index (χ0) is 16.8. The molecule has 5 nitrogen and oxygen atoms in total. The summed E-state index contributed by atoms with van der Waals surface area (Å²) < 4.78 is 5.91. The monoisotopic (exact) mass is 331 g/mol. The molecule has 0 aromatic carbocycles. The van der Waals surface area contributed by atoms with Gasteiger partial charge in [-0.2, -0.15) is 0 Å². The first-order chi connectivity index (χ1) is 11.7. The highest BCUT2D eigenvalue weighted by Crippen LogP contribution is 2.27. The lowest BCUT2D eigenvalue weighted by Crippen LogP contribution is -2.45. The molecule has 1 atom stereocenters. The van der Waals surface area contributed by atoms with Gasteiger partial charge in [-0.25, -0.2) is 9.97 Å². The number of hydrogen-bond donors (Lipinski definition) is 0. The number of likely N-dealkylation sites (tertiary alicyclic amines) is 1. The highest BCUT2D eigenvalue weighted by molar-refractivity contribution is 5.76. The van der Waals surface area contributed by atoms with Gasteiger partial charge in [0, 0.05) is 25.4 Å². The molecule has 132 valence electrons. The van der Waals surface area contributed by atoms with E-state index in [1.165, 1.54) is 32.1 Å². The van der Waals surface area contributed by atoms with Gasteiger partial charge in [0.25, 0.3) is 0 Å². The number of rotatable bonds is 5. The van der Waals surface area contributed by atoms with E-state index in [9.17, 15) is 4.79 Å². The molecule has 5 heteroatoms. The summed E-state index contributed by atoms with van der Waals surface area (Å²) in [7, 11) is 0. The van der Waals surface area contributed by atoms with Crippen LogP contribution in [0.2, 0.25) is 0 Å². The Morgan fingerprint density at radius 3 is 2.62 bits per heavy atom. The summed E-state index contributed by atoms with van der Waals surface area (Å²) in [6.07, 6.45) is 13.6. The summed E-state index contributed by atoms with van der Waals surface area (Å²) in [6.45, 7) is 3.61. The minimum absolute atomic E-state index is 0.0153. The molecular weight excluding hydrogens is 302 g/mol. The predicted octanol–water partition coefficient (Wildman–Crippen LogP) is 3.38. The fraction of sp³-hybridized carbons (Fsp3) is 0.737. The Balaban J connectivity index is 1.50. The molecule has 0 N–H and O–H groups in total. The number of carbonyl (C=O) groups is 1. The smallest absolute Gasteiger partial charge is 0.316 e. The SMILES string of the molecule is CCc1cnc(OC2CCCN(C(=O)CC3CCCCC3)C2)nc1. The third-order valence-electron chi connectivity index (χ3n) is 5.28.